The predicted molar refractivity (Wildman–Crippen MR) is 96.2 cm³/mol. The Labute approximate surface area is 147 Å². The molecule has 2 heterocycles. The summed E-state index contributed by atoms with van der Waals surface area (Å²) in [5.41, 5.74) is 1.09. The van der Waals surface area contributed by atoms with Crippen molar-refractivity contribution in [3.8, 4) is 11.5 Å². The Balaban J connectivity index is 1.61. The van der Waals surface area contributed by atoms with E-state index in [0.717, 1.165) is 39.9 Å². The smallest absolute Gasteiger partial charge is 0.231 e. The second-order valence-electron chi connectivity index (χ2n) is 4.94. The molecule has 122 valence electrons. The van der Waals surface area contributed by atoms with Crippen LogP contribution in [0.25, 0.3) is 0 Å². The van der Waals surface area contributed by atoms with E-state index in [4.69, 9.17) is 9.47 Å². The molecule has 0 fully saturated rings. The van der Waals surface area contributed by atoms with E-state index in [1.807, 2.05) is 18.2 Å². The van der Waals surface area contributed by atoms with E-state index in [0.29, 0.717) is 13.3 Å². The van der Waals surface area contributed by atoms with Gasteiger partial charge in [-0.25, -0.2) is 4.99 Å². The summed E-state index contributed by atoms with van der Waals surface area (Å²) in [5.74, 6) is 2.39. The van der Waals surface area contributed by atoms with Gasteiger partial charge in [0.25, 0.3) is 0 Å². The van der Waals surface area contributed by atoms with Crippen molar-refractivity contribution in [1.82, 2.24) is 10.6 Å². The Morgan fingerprint density at radius 1 is 1.22 bits per heavy atom. The van der Waals surface area contributed by atoms with Gasteiger partial charge in [-0.3, -0.25) is 0 Å². The van der Waals surface area contributed by atoms with E-state index in [1.54, 1.807) is 11.3 Å². The summed E-state index contributed by atoms with van der Waals surface area (Å²) in [6.07, 6.45) is 0. The zero-order chi connectivity index (χ0) is 16.1. The van der Waals surface area contributed by atoms with E-state index in [9.17, 15) is 0 Å². The average Bonchev–Trinajstić information content (AvgIpc) is 3.18. The lowest BCUT2D eigenvalue weighted by Gasteiger charge is -2.10. The number of thiophene rings is 1. The third-order valence-corrected chi connectivity index (χ3v) is 4.88. The fourth-order valence-corrected chi connectivity index (χ4v) is 3.59. The summed E-state index contributed by atoms with van der Waals surface area (Å²) in [5, 5.41) is 6.60. The fraction of sp³-hybridized carbons (Fsp3) is 0.312. The first-order chi connectivity index (χ1) is 11.2. The number of fused-ring (bicyclic) bond motifs is 1. The van der Waals surface area contributed by atoms with Crippen molar-refractivity contribution >= 4 is 33.2 Å². The summed E-state index contributed by atoms with van der Waals surface area (Å²) >= 11 is 5.20. The van der Waals surface area contributed by atoms with Crippen molar-refractivity contribution in [3.05, 3.63) is 44.6 Å². The molecule has 0 atom stereocenters. The summed E-state index contributed by atoms with van der Waals surface area (Å²) < 4.78 is 11.9. The van der Waals surface area contributed by atoms with Crippen molar-refractivity contribution in [2.45, 2.75) is 20.0 Å². The van der Waals surface area contributed by atoms with Gasteiger partial charge < -0.3 is 20.1 Å². The first kappa shape index (κ1) is 16.1. The lowest BCUT2D eigenvalue weighted by molar-refractivity contribution is 0.174. The van der Waals surface area contributed by atoms with Crippen LogP contribution in [0.1, 0.15) is 17.4 Å². The van der Waals surface area contributed by atoms with E-state index < -0.39 is 0 Å². The Bertz CT molecular complexity index is 702. The first-order valence-corrected chi connectivity index (χ1v) is 9.00. The molecule has 0 radical (unpaired) electrons. The number of hydrogen-bond donors (Lipinski definition) is 2. The van der Waals surface area contributed by atoms with Gasteiger partial charge in [0.2, 0.25) is 6.79 Å². The van der Waals surface area contributed by atoms with Gasteiger partial charge in [0.1, 0.15) is 0 Å². The van der Waals surface area contributed by atoms with Crippen LogP contribution in [-0.4, -0.2) is 19.3 Å². The monoisotopic (exact) mass is 395 g/mol. The van der Waals surface area contributed by atoms with Crippen LogP contribution in [0.4, 0.5) is 0 Å². The van der Waals surface area contributed by atoms with Crippen LogP contribution in [0.5, 0.6) is 11.5 Å². The highest BCUT2D eigenvalue weighted by Gasteiger charge is 2.12. The number of guanidine groups is 1. The second-order valence-corrected chi connectivity index (χ2v) is 7.49. The van der Waals surface area contributed by atoms with Crippen LogP contribution in [0.15, 0.2) is 39.1 Å². The quantitative estimate of drug-likeness (QED) is 0.600. The number of nitrogens with zero attached hydrogens (tertiary/aromatic N) is 1. The van der Waals surface area contributed by atoms with Crippen LogP contribution in [0.2, 0.25) is 0 Å². The number of hydrogen-bond acceptors (Lipinski definition) is 4. The largest absolute Gasteiger partial charge is 0.454 e. The lowest BCUT2D eigenvalue weighted by Crippen LogP contribution is -2.36. The molecule has 23 heavy (non-hydrogen) atoms. The van der Waals surface area contributed by atoms with Gasteiger partial charge in [-0.1, -0.05) is 6.07 Å². The highest BCUT2D eigenvalue weighted by atomic mass is 79.9. The zero-order valence-electron chi connectivity index (χ0n) is 12.8. The average molecular weight is 396 g/mol. The van der Waals surface area contributed by atoms with E-state index in [2.05, 4.69) is 50.6 Å². The van der Waals surface area contributed by atoms with E-state index in [-0.39, 0.29) is 0 Å². The Kier molecular flexibility index (Phi) is 5.40. The first-order valence-electron chi connectivity index (χ1n) is 7.39. The van der Waals surface area contributed by atoms with Gasteiger partial charge in [-0.15, -0.1) is 11.3 Å². The maximum Gasteiger partial charge on any atom is 0.231 e. The van der Waals surface area contributed by atoms with Gasteiger partial charge in [-0.05, 0) is 52.7 Å². The zero-order valence-corrected chi connectivity index (χ0v) is 15.2. The molecular weight excluding hydrogens is 378 g/mol. The van der Waals surface area contributed by atoms with Gasteiger partial charge in [0.15, 0.2) is 17.5 Å². The normalized spacial score (nSPS) is 13.2. The van der Waals surface area contributed by atoms with E-state index in [1.165, 1.54) is 4.88 Å². The topological polar surface area (TPSA) is 54.9 Å². The Morgan fingerprint density at radius 2 is 2.09 bits per heavy atom. The van der Waals surface area contributed by atoms with Gasteiger partial charge in [0, 0.05) is 11.4 Å². The maximum atomic E-state index is 5.40. The molecule has 3 rings (SSSR count). The van der Waals surface area contributed by atoms with Gasteiger partial charge in [-0.2, -0.15) is 0 Å². The van der Waals surface area contributed by atoms with Crippen LogP contribution < -0.4 is 20.1 Å². The standard InChI is InChI=1S/C16H18BrN3O2S/c1-2-18-16(20-9-12-4-6-15(17)23-12)19-8-11-3-5-13-14(7-11)22-10-21-13/h3-7H,2,8-10H2,1H3,(H2,18,19,20). The molecule has 2 aromatic rings. The number of ether oxygens (including phenoxy) is 2. The second kappa shape index (κ2) is 7.70. The van der Waals surface area contributed by atoms with Crippen molar-refractivity contribution in [2.24, 2.45) is 4.99 Å². The molecule has 1 aliphatic heterocycles. The third kappa shape index (κ3) is 4.39. The van der Waals surface area contributed by atoms with Crippen molar-refractivity contribution in [3.63, 3.8) is 0 Å². The summed E-state index contributed by atoms with van der Waals surface area (Å²) in [7, 11) is 0. The SMILES string of the molecule is CCNC(=NCc1ccc2c(c1)OCO2)NCc1ccc(Br)s1. The maximum absolute atomic E-state index is 5.40. The van der Waals surface area contributed by atoms with Crippen molar-refractivity contribution < 1.29 is 9.47 Å². The summed E-state index contributed by atoms with van der Waals surface area (Å²) in [4.78, 5) is 5.88. The highest BCUT2D eigenvalue weighted by Crippen LogP contribution is 2.32. The molecule has 0 saturated carbocycles. The van der Waals surface area contributed by atoms with Crippen LogP contribution >= 0.6 is 27.3 Å². The van der Waals surface area contributed by atoms with Crippen molar-refractivity contribution in [2.75, 3.05) is 13.3 Å². The van der Waals surface area contributed by atoms with E-state index >= 15 is 0 Å². The minimum absolute atomic E-state index is 0.294. The molecule has 0 bridgehead atoms. The number of nitrogens with one attached hydrogen (secondary N) is 2. The lowest BCUT2D eigenvalue weighted by atomic mass is 10.2. The van der Waals surface area contributed by atoms with Crippen LogP contribution in [0, 0.1) is 0 Å². The fourth-order valence-electron chi connectivity index (χ4n) is 2.17. The molecule has 0 spiro atoms. The van der Waals surface area contributed by atoms with Crippen LogP contribution in [0.3, 0.4) is 0 Å². The van der Waals surface area contributed by atoms with Crippen molar-refractivity contribution in [1.29, 1.82) is 0 Å². The van der Waals surface area contributed by atoms with Gasteiger partial charge >= 0.3 is 0 Å². The Morgan fingerprint density at radius 3 is 2.87 bits per heavy atom. The Hall–Kier alpha value is -1.73. The molecule has 1 aliphatic rings. The highest BCUT2D eigenvalue weighted by molar-refractivity contribution is 9.11. The molecule has 0 unspecified atom stereocenters. The number of aliphatic imine (C=N–C) groups is 1. The summed E-state index contributed by atoms with van der Waals surface area (Å²) in [6, 6.07) is 10.1. The molecular formula is C16H18BrN3O2S. The minimum atomic E-state index is 0.294. The number of halogens is 1. The van der Waals surface area contributed by atoms with Gasteiger partial charge in [0.05, 0.1) is 16.9 Å². The number of rotatable bonds is 5. The molecule has 1 aromatic carbocycles. The minimum Gasteiger partial charge on any atom is -0.454 e. The third-order valence-electron chi connectivity index (χ3n) is 3.26. The molecule has 0 amide bonds. The summed E-state index contributed by atoms with van der Waals surface area (Å²) in [6.45, 7) is 4.51. The molecule has 0 aliphatic carbocycles. The molecule has 1 aromatic heterocycles. The van der Waals surface area contributed by atoms with Crippen LogP contribution in [-0.2, 0) is 13.1 Å². The molecule has 2 N–H and O–H groups in total. The molecule has 0 saturated heterocycles. The molecule has 7 heteroatoms. The number of benzene rings is 1. The predicted octanol–water partition coefficient (Wildman–Crippen LogP) is 3.49. The molecule has 5 nitrogen and oxygen atoms in total.